The molecule has 0 aliphatic heterocycles. The summed E-state index contributed by atoms with van der Waals surface area (Å²) in [5, 5.41) is 3.26. The van der Waals surface area contributed by atoms with Gasteiger partial charge in [-0.3, -0.25) is 4.98 Å². The van der Waals surface area contributed by atoms with Gasteiger partial charge in [0.05, 0.1) is 6.04 Å². The molecular weight excluding hydrogens is 227 g/mol. The highest BCUT2D eigenvalue weighted by molar-refractivity contribution is 5.37. The highest BCUT2D eigenvalue weighted by Gasteiger charge is 2.14. The summed E-state index contributed by atoms with van der Waals surface area (Å²) in [5.74, 6) is -0.200. The van der Waals surface area contributed by atoms with Gasteiger partial charge < -0.3 is 5.32 Å². The van der Waals surface area contributed by atoms with E-state index in [1.807, 2.05) is 39.4 Å². The summed E-state index contributed by atoms with van der Waals surface area (Å²) >= 11 is 0. The van der Waals surface area contributed by atoms with Gasteiger partial charge in [0.2, 0.25) is 0 Å². The minimum atomic E-state index is -0.200. The van der Waals surface area contributed by atoms with Crippen molar-refractivity contribution < 1.29 is 4.39 Å². The summed E-state index contributed by atoms with van der Waals surface area (Å²) in [6.45, 7) is 3.94. The highest BCUT2D eigenvalue weighted by atomic mass is 19.1. The quantitative estimate of drug-likeness (QED) is 0.897. The Morgan fingerprint density at radius 1 is 1.17 bits per heavy atom. The Balaban J connectivity index is 2.45. The Labute approximate surface area is 107 Å². The molecule has 18 heavy (non-hydrogen) atoms. The topological polar surface area (TPSA) is 24.9 Å². The van der Waals surface area contributed by atoms with E-state index in [1.54, 1.807) is 6.07 Å². The number of aryl methyl sites for hydroxylation is 2. The molecule has 94 valence electrons. The molecule has 0 saturated heterocycles. The Hall–Kier alpha value is -1.74. The molecule has 1 heterocycles. The van der Waals surface area contributed by atoms with E-state index >= 15 is 0 Å². The molecule has 0 aliphatic rings. The third kappa shape index (κ3) is 2.57. The van der Waals surface area contributed by atoms with Gasteiger partial charge in [0.15, 0.2) is 0 Å². The number of halogens is 1. The minimum absolute atomic E-state index is 0.0398. The van der Waals surface area contributed by atoms with Crippen molar-refractivity contribution in [3.8, 4) is 0 Å². The number of aromatic nitrogens is 1. The van der Waals surface area contributed by atoms with Crippen molar-refractivity contribution in [2.24, 2.45) is 0 Å². The van der Waals surface area contributed by atoms with Crippen LogP contribution in [0.3, 0.4) is 0 Å². The summed E-state index contributed by atoms with van der Waals surface area (Å²) in [7, 11) is 1.90. The van der Waals surface area contributed by atoms with Crippen LogP contribution in [0.5, 0.6) is 0 Å². The Bertz CT molecular complexity index is 552. The first kappa shape index (κ1) is 12.7. The van der Waals surface area contributed by atoms with E-state index in [1.165, 1.54) is 6.07 Å². The second-order valence-electron chi connectivity index (χ2n) is 4.52. The standard InChI is InChI=1S/C15H17FN2/c1-10-6-12(9-18-8-10)15(17-3)14-5-4-13(16)7-11(14)2/h4-9,15,17H,1-3H3. The molecule has 2 aromatic rings. The molecular formula is C15H17FN2. The van der Waals surface area contributed by atoms with Crippen LogP contribution in [0.4, 0.5) is 4.39 Å². The second-order valence-corrected chi connectivity index (χ2v) is 4.52. The first-order chi connectivity index (χ1) is 8.61. The fourth-order valence-corrected chi connectivity index (χ4v) is 2.20. The zero-order valence-electron chi connectivity index (χ0n) is 10.9. The predicted molar refractivity (Wildman–Crippen MR) is 71.0 cm³/mol. The van der Waals surface area contributed by atoms with Gasteiger partial charge in [-0.1, -0.05) is 12.1 Å². The monoisotopic (exact) mass is 244 g/mol. The van der Waals surface area contributed by atoms with Gasteiger partial charge in [0.1, 0.15) is 5.82 Å². The van der Waals surface area contributed by atoms with E-state index in [2.05, 4.69) is 16.4 Å². The fourth-order valence-electron chi connectivity index (χ4n) is 2.20. The van der Waals surface area contributed by atoms with Crippen LogP contribution < -0.4 is 5.32 Å². The minimum Gasteiger partial charge on any atom is -0.309 e. The van der Waals surface area contributed by atoms with E-state index in [0.29, 0.717) is 0 Å². The Morgan fingerprint density at radius 3 is 2.56 bits per heavy atom. The maximum absolute atomic E-state index is 13.1. The molecule has 1 unspecified atom stereocenters. The average Bonchev–Trinajstić information content (AvgIpc) is 2.33. The van der Waals surface area contributed by atoms with Crippen LogP contribution in [0, 0.1) is 19.7 Å². The van der Waals surface area contributed by atoms with Crippen LogP contribution >= 0.6 is 0 Å². The number of nitrogens with zero attached hydrogens (tertiary/aromatic N) is 1. The molecule has 2 rings (SSSR count). The van der Waals surface area contributed by atoms with E-state index < -0.39 is 0 Å². The van der Waals surface area contributed by atoms with Crippen LogP contribution in [-0.2, 0) is 0 Å². The third-order valence-corrected chi connectivity index (χ3v) is 3.06. The maximum atomic E-state index is 13.1. The zero-order valence-corrected chi connectivity index (χ0v) is 10.9. The Morgan fingerprint density at radius 2 is 1.94 bits per heavy atom. The van der Waals surface area contributed by atoms with Crippen molar-refractivity contribution in [2.45, 2.75) is 19.9 Å². The summed E-state index contributed by atoms with van der Waals surface area (Å²) in [6, 6.07) is 7.02. The molecule has 2 nitrogen and oxygen atoms in total. The van der Waals surface area contributed by atoms with Gasteiger partial charge in [-0.2, -0.15) is 0 Å². The molecule has 0 saturated carbocycles. The number of pyridine rings is 1. The maximum Gasteiger partial charge on any atom is 0.123 e. The van der Waals surface area contributed by atoms with Crippen molar-refractivity contribution in [3.05, 3.63) is 64.7 Å². The van der Waals surface area contributed by atoms with Crippen molar-refractivity contribution in [2.75, 3.05) is 7.05 Å². The number of rotatable bonds is 3. The largest absolute Gasteiger partial charge is 0.309 e. The Kier molecular flexibility index (Phi) is 3.72. The normalized spacial score (nSPS) is 12.4. The van der Waals surface area contributed by atoms with E-state index in [4.69, 9.17) is 0 Å². The molecule has 0 fully saturated rings. The molecule has 0 aliphatic carbocycles. The smallest absolute Gasteiger partial charge is 0.123 e. The summed E-state index contributed by atoms with van der Waals surface area (Å²) in [6.07, 6.45) is 3.67. The molecule has 1 aromatic heterocycles. The third-order valence-electron chi connectivity index (χ3n) is 3.06. The lowest BCUT2D eigenvalue weighted by Crippen LogP contribution is -2.19. The van der Waals surface area contributed by atoms with Gasteiger partial charge >= 0.3 is 0 Å². The first-order valence-corrected chi connectivity index (χ1v) is 5.96. The number of hydrogen-bond donors (Lipinski definition) is 1. The van der Waals surface area contributed by atoms with Gasteiger partial charge in [-0.25, -0.2) is 4.39 Å². The molecule has 1 aromatic carbocycles. The van der Waals surface area contributed by atoms with E-state index in [-0.39, 0.29) is 11.9 Å². The van der Waals surface area contributed by atoms with Gasteiger partial charge in [0.25, 0.3) is 0 Å². The van der Waals surface area contributed by atoms with Gasteiger partial charge in [-0.05, 0) is 55.3 Å². The van der Waals surface area contributed by atoms with Crippen LogP contribution in [-0.4, -0.2) is 12.0 Å². The van der Waals surface area contributed by atoms with Crippen LogP contribution in [0.15, 0.2) is 36.7 Å². The lowest BCUT2D eigenvalue weighted by molar-refractivity contribution is 0.621. The lowest BCUT2D eigenvalue weighted by Gasteiger charge is -2.19. The van der Waals surface area contributed by atoms with Crippen molar-refractivity contribution in [1.82, 2.24) is 10.3 Å². The van der Waals surface area contributed by atoms with E-state index in [0.717, 1.165) is 22.3 Å². The second kappa shape index (κ2) is 5.27. The highest BCUT2D eigenvalue weighted by Crippen LogP contribution is 2.25. The van der Waals surface area contributed by atoms with Crippen LogP contribution in [0.25, 0.3) is 0 Å². The predicted octanol–water partition coefficient (Wildman–Crippen LogP) is 3.15. The molecule has 1 N–H and O–H groups in total. The van der Waals surface area contributed by atoms with Crippen molar-refractivity contribution >= 4 is 0 Å². The number of hydrogen-bond acceptors (Lipinski definition) is 2. The first-order valence-electron chi connectivity index (χ1n) is 5.96. The molecule has 0 bridgehead atoms. The van der Waals surface area contributed by atoms with Gasteiger partial charge in [0, 0.05) is 12.4 Å². The van der Waals surface area contributed by atoms with Crippen molar-refractivity contribution in [1.29, 1.82) is 0 Å². The van der Waals surface area contributed by atoms with Crippen LogP contribution in [0.2, 0.25) is 0 Å². The molecule has 3 heteroatoms. The molecule has 0 radical (unpaired) electrons. The molecule has 1 atom stereocenters. The SMILES string of the molecule is CNC(c1cncc(C)c1)c1ccc(F)cc1C. The van der Waals surface area contributed by atoms with Crippen LogP contribution in [0.1, 0.15) is 28.3 Å². The summed E-state index contributed by atoms with van der Waals surface area (Å²) < 4.78 is 13.1. The van der Waals surface area contributed by atoms with Crippen molar-refractivity contribution in [3.63, 3.8) is 0 Å². The summed E-state index contributed by atoms with van der Waals surface area (Å²) in [4.78, 5) is 4.21. The lowest BCUT2D eigenvalue weighted by atomic mass is 9.95. The molecule has 0 amide bonds. The molecule has 0 spiro atoms. The van der Waals surface area contributed by atoms with E-state index in [9.17, 15) is 4.39 Å². The fraction of sp³-hybridized carbons (Fsp3) is 0.267. The average molecular weight is 244 g/mol. The van der Waals surface area contributed by atoms with Gasteiger partial charge in [-0.15, -0.1) is 0 Å². The zero-order chi connectivity index (χ0) is 13.1. The number of nitrogens with one attached hydrogen (secondary N) is 1. The summed E-state index contributed by atoms with van der Waals surface area (Å²) in [5.41, 5.74) is 4.22. The number of benzene rings is 1.